The largest absolute Gasteiger partial charge is 0.451 e. The molecule has 29 heavy (non-hydrogen) atoms. The zero-order valence-corrected chi connectivity index (χ0v) is 18.5. The number of carbonyl (C=O) groups excluding carboxylic acids is 3. The zero-order valence-electron chi connectivity index (χ0n) is 16.1. The quantitative estimate of drug-likeness (QED) is 0.242. The van der Waals surface area contributed by atoms with Crippen molar-refractivity contribution in [2.75, 3.05) is 26.0 Å². The number of nitrogens with one attached hydrogen (secondary N) is 1. The van der Waals surface area contributed by atoms with Crippen molar-refractivity contribution in [3.05, 3.63) is 64.1 Å². The lowest BCUT2D eigenvalue weighted by molar-refractivity contribution is -0.118. The number of hydrogen-bond acceptors (Lipinski definition) is 6. The van der Waals surface area contributed by atoms with Gasteiger partial charge in [0.15, 0.2) is 6.10 Å². The van der Waals surface area contributed by atoms with E-state index in [0.29, 0.717) is 29.2 Å². The van der Waals surface area contributed by atoms with E-state index in [1.165, 1.54) is 11.8 Å². The third kappa shape index (κ3) is 7.30. The average molecular weight is 480 g/mol. The number of rotatable bonds is 10. The predicted octanol–water partition coefficient (Wildman–Crippen LogP) is 3.73. The molecule has 0 radical (unpaired) electrons. The summed E-state index contributed by atoms with van der Waals surface area (Å²) >= 11 is 4.55. The van der Waals surface area contributed by atoms with E-state index in [1.54, 1.807) is 62.6 Å². The number of ether oxygens (including phenoxy) is 2. The molecule has 2 aromatic carbocycles. The van der Waals surface area contributed by atoms with Crippen molar-refractivity contribution in [3.8, 4) is 0 Å². The predicted molar refractivity (Wildman–Crippen MR) is 115 cm³/mol. The number of hydrogen-bond donors (Lipinski definition) is 1. The second kappa shape index (κ2) is 11.7. The molecule has 154 valence electrons. The van der Waals surface area contributed by atoms with Crippen molar-refractivity contribution in [2.24, 2.45) is 0 Å². The average Bonchev–Trinajstić information content (AvgIpc) is 2.72. The maximum Gasteiger partial charge on any atom is 0.339 e. The van der Waals surface area contributed by atoms with Crippen LogP contribution >= 0.6 is 27.7 Å². The molecule has 1 atom stereocenters. The van der Waals surface area contributed by atoms with Crippen LogP contribution in [0.3, 0.4) is 0 Å². The van der Waals surface area contributed by atoms with Gasteiger partial charge in [0.25, 0.3) is 0 Å². The summed E-state index contributed by atoms with van der Waals surface area (Å²) in [5.41, 5.74) is 0.779. The maximum absolute atomic E-state index is 12.6. The van der Waals surface area contributed by atoms with Crippen molar-refractivity contribution in [3.63, 3.8) is 0 Å². The highest BCUT2D eigenvalue weighted by Gasteiger charge is 2.22. The summed E-state index contributed by atoms with van der Waals surface area (Å²) in [4.78, 5) is 37.6. The molecule has 0 saturated heterocycles. The van der Waals surface area contributed by atoms with Crippen LogP contribution < -0.4 is 5.32 Å². The molecule has 2 aromatic rings. The van der Waals surface area contributed by atoms with E-state index in [9.17, 15) is 14.4 Å². The molecule has 1 amide bonds. The lowest BCUT2D eigenvalue weighted by Crippen LogP contribution is -2.28. The first-order valence-electron chi connectivity index (χ1n) is 8.90. The van der Waals surface area contributed by atoms with Gasteiger partial charge >= 0.3 is 5.97 Å². The Morgan fingerprint density at radius 3 is 2.48 bits per heavy atom. The number of benzene rings is 2. The second-order valence-corrected chi connectivity index (χ2v) is 7.98. The molecule has 0 aliphatic carbocycles. The highest BCUT2D eigenvalue weighted by atomic mass is 79.9. The summed E-state index contributed by atoms with van der Waals surface area (Å²) in [7, 11) is 1.56. The zero-order chi connectivity index (χ0) is 21.2. The fourth-order valence-electron chi connectivity index (χ4n) is 2.37. The Balaban J connectivity index is 1.99. The van der Waals surface area contributed by atoms with Crippen molar-refractivity contribution in [1.29, 1.82) is 0 Å². The molecule has 6 nitrogen and oxygen atoms in total. The lowest BCUT2D eigenvalue weighted by Gasteiger charge is -2.14. The number of thioether (sulfide) groups is 1. The van der Waals surface area contributed by atoms with Gasteiger partial charge in [0.05, 0.1) is 17.9 Å². The Morgan fingerprint density at radius 2 is 1.79 bits per heavy atom. The summed E-state index contributed by atoms with van der Waals surface area (Å²) in [5, 5.41) is 2.72. The fraction of sp³-hybridized carbons (Fsp3) is 0.286. The number of Topliss-reactive ketones (excluding diaryl/α,β-unsaturated/α-hetero) is 1. The van der Waals surface area contributed by atoms with Gasteiger partial charge < -0.3 is 14.8 Å². The minimum atomic E-state index is -0.931. The molecule has 0 aliphatic heterocycles. The van der Waals surface area contributed by atoms with E-state index in [1.807, 2.05) is 0 Å². The molecular weight excluding hydrogens is 458 g/mol. The number of methoxy groups -OCH3 is 1. The molecule has 0 heterocycles. The standard InChI is InChI=1S/C21H22BrNO5S/c1-14(20(25)15-7-9-16(22)10-8-15)28-21(26)17-5-3-4-6-18(17)29-13-19(24)23-11-12-27-2/h3-10,14H,11-13H2,1-2H3,(H,23,24). The molecule has 1 unspecified atom stereocenters. The van der Waals surface area contributed by atoms with Crippen LogP contribution in [0, 0.1) is 0 Å². The molecule has 0 spiro atoms. The lowest BCUT2D eigenvalue weighted by atomic mass is 10.1. The Morgan fingerprint density at radius 1 is 1.10 bits per heavy atom. The van der Waals surface area contributed by atoms with Gasteiger partial charge in [-0.15, -0.1) is 11.8 Å². The maximum atomic E-state index is 12.6. The van der Waals surface area contributed by atoms with Crippen LogP contribution in [0.1, 0.15) is 27.6 Å². The SMILES string of the molecule is COCCNC(=O)CSc1ccccc1C(=O)OC(C)C(=O)c1ccc(Br)cc1. The Labute approximate surface area is 182 Å². The van der Waals surface area contributed by atoms with Gasteiger partial charge in [-0.3, -0.25) is 9.59 Å². The summed E-state index contributed by atoms with van der Waals surface area (Å²) in [6.45, 7) is 2.40. The number of esters is 1. The molecule has 0 fully saturated rings. The Kier molecular flexibility index (Phi) is 9.37. The van der Waals surface area contributed by atoms with Crippen LogP contribution in [-0.4, -0.2) is 49.8 Å². The normalized spacial score (nSPS) is 11.6. The van der Waals surface area contributed by atoms with Crippen LogP contribution in [-0.2, 0) is 14.3 Å². The number of ketones is 1. The first-order chi connectivity index (χ1) is 13.9. The van der Waals surface area contributed by atoms with Crippen molar-refractivity contribution in [2.45, 2.75) is 17.9 Å². The molecule has 8 heteroatoms. The van der Waals surface area contributed by atoms with Gasteiger partial charge in [-0.25, -0.2) is 4.79 Å². The molecule has 0 bridgehead atoms. The molecular formula is C21H22BrNO5S. The van der Waals surface area contributed by atoms with E-state index >= 15 is 0 Å². The van der Waals surface area contributed by atoms with Crippen molar-refractivity contribution in [1.82, 2.24) is 5.32 Å². The third-order valence-electron chi connectivity index (χ3n) is 3.88. The summed E-state index contributed by atoms with van der Waals surface area (Å²) in [5.74, 6) is -0.894. The monoisotopic (exact) mass is 479 g/mol. The molecule has 1 N–H and O–H groups in total. The van der Waals surface area contributed by atoms with E-state index in [0.717, 1.165) is 4.47 Å². The number of amides is 1. The van der Waals surface area contributed by atoms with Crippen LogP contribution in [0.25, 0.3) is 0 Å². The second-order valence-electron chi connectivity index (χ2n) is 6.05. The van der Waals surface area contributed by atoms with Gasteiger partial charge in [0.1, 0.15) is 0 Å². The van der Waals surface area contributed by atoms with E-state index in [2.05, 4.69) is 21.2 Å². The smallest absolute Gasteiger partial charge is 0.339 e. The van der Waals surface area contributed by atoms with E-state index in [4.69, 9.17) is 9.47 Å². The molecule has 2 rings (SSSR count). The van der Waals surface area contributed by atoms with Crippen LogP contribution in [0.15, 0.2) is 57.9 Å². The minimum Gasteiger partial charge on any atom is -0.451 e. The van der Waals surface area contributed by atoms with Gasteiger partial charge in [0.2, 0.25) is 11.7 Å². The van der Waals surface area contributed by atoms with Crippen molar-refractivity contribution >= 4 is 45.4 Å². The van der Waals surface area contributed by atoms with Gasteiger partial charge in [-0.1, -0.05) is 40.2 Å². The highest BCUT2D eigenvalue weighted by molar-refractivity contribution is 9.10. The third-order valence-corrected chi connectivity index (χ3v) is 5.48. The molecule has 0 aliphatic rings. The van der Waals surface area contributed by atoms with Gasteiger partial charge in [-0.05, 0) is 31.2 Å². The molecule has 0 aromatic heterocycles. The van der Waals surface area contributed by atoms with E-state index in [-0.39, 0.29) is 17.4 Å². The minimum absolute atomic E-state index is 0.154. The number of halogens is 1. The van der Waals surface area contributed by atoms with Crippen molar-refractivity contribution < 1.29 is 23.9 Å². The Bertz CT molecular complexity index is 856. The Hall–Kier alpha value is -2.16. The van der Waals surface area contributed by atoms with Crippen LogP contribution in [0.5, 0.6) is 0 Å². The molecule has 0 saturated carbocycles. The topological polar surface area (TPSA) is 81.7 Å². The number of carbonyl (C=O) groups is 3. The summed E-state index contributed by atoms with van der Waals surface area (Å²) < 4.78 is 11.1. The fourth-order valence-corrected chi connectivity index (χ4v) is 3.51. The first-order valence-corrected chi connectivity index (χ1v) is 10.7. The van der Waals surface area contributed by atoms with Crippen LogP contribution in [0.2, 0.25) is 0 Å². The van der Waals surface area contributed by atoms with Gasteiger partial charge in [-0.2, -0.15) is 0 Å². The first kappa shape index (κ1) is 23.1. The summed E-state index contributed by atoms with van der Waals surface area (Å²) in [6, 6.07) is 13.7. The van der Waals surface area contributed by atoms with Gasteiger partial charge in [0, 0.05) is 28.6 Å². The van der Waals surface area contributed by atoms with Crippen LogP contribution in [0.4, 0.5) is 0 Å². The van der Waals surface area contributed by atoms with E-state index < -0.39 is 12.1 Å². The highest BCUT2D eigenvalue weighted by Crippen LogP contribution is 2.24. The summed E-state index contributed by atoms with van der Waals surface area (Å²) in [6.07, 6.45) is -0.931.